The maximum absolute atomic E-state index is 15.0. The average molecular weight is 622 g/mol. The molecule has 1 aromatic heterocycles. The van der Waals surface area contributed by atoms with E-state index in [1.165, 1.54) is 25.3 Å². The van der Waals surface area contributed by atoms with Crippen molar-refractivity contribution in [1.82, 2.24) is 25.4 Å². The van der Waals surface area contributed by atoms with E-state index in [0.29, 0.717) is 49.2 Å². The smallest absolute Gasteiger partial charge is 0.255 e. The number of ether oxygens (including phenoxy) is 2. The molecule has 3 N–H and O–H groups in total. The molecule has 2 aliphatic rings. The summed E-state index contributed by atoms with van der Waals surface area (Å²) in [6.07, 6.45) is 3.15. The van der Waals surface area contributed by atoms with Crippen LogP contribution in [0.15, 0.2) is 48.7 Å². The lowest BCUT2D eigenvalue weighted by atomic mass is 10.1. The first-order chi connectivity index (χ1) is 21.6. The number of methoxy groups -OCH3 is 1. The van der Waals surface area contributed by atoms with Crippen molar-refractivity contribution in [1.29, 1.82) is 0 Å². The number of fused-ring (bicyclic) bond motifs is 16. The van der Waals surface area contributed by atoms with E-state index in [-0.39, 0.29) is 60.2 Å². The van der Waals surface area contributed by atoms with Crippen molar-refractivity contribution in [2.75, 3.05) is 26.7 Å². The molecule has 4 bridgehead atoms. The van der Waals surface area contributed by atoms with Crippen LogP contribution in [0.3, 0.4) is 0 Å². The van der Waals surface area contributed by atoms with Crippen molar-refractivity contribution in [3.8, 4) is 17.2 Å². The minimum absolute atomic E-state index is 0.0390. The lowest BCUT2D eigenvalue weighted by Gasteiger charge is -2.23. The quantitative estimate of drug-likeness (QED) is 0.408. The number of nitrogens with zero attached hydrogens (tertiary/aromatic N) is 2. The van der Waals surface area contributed by atoms with Crippen LogP contribution in [0.2, 0.25) is 0 Å². The number of amides is 4. The summed E-state index contributed by atoms with van der Waals surface area (Å²) in [5, 5.41) is 8.37. The number of rotatable bonds is 3. The van der Waals surface area contributed by atoms with Gasteiger partial charge < -0.3 is 34.9 Å². The summed E-state index contributed by atoms with van der Waals surface area (Å²) in [5.74, 6) is -1.52. The number of hydrogen-bond acceptors (Lipinski definition) is 6. The molecule has 0 spiro atoms. The minimum Gasteiger partial charge on any atom is -0.493 e. The minimum atomic E-state index is -0.764. The molecule has 5 rings (SSSR count). The van der Waals surface area contributed by atoms with Gasteiger partial charge in [0, 0.05) is 57.1 Å². The van der Waals surface area contributed by atoms with E-state index < -0.39 is 11.9 Å². The van der Waals surface area contributed by atoms with E-state index in [2.05, 4.69) is 16.0 Å². The molecule has 3 aromatic rings. The van der Waals surface area contributed by atoms with Crippen LogP contribution in [0.5, 0.6) is 17.2 Å². The second-order valence-corrected chi connectivity index (χ2v) is 10.9. The van der Waals surface area contributed by atoms with Gasteiger partial charge in [-0.25, -0.2) is 4.39 Å². The van der Waals surface area contributed by atoms with Gasteiger partial charge in [-0.1, -0.05) is 13.0 Å². The number of carbonyl (C=O) groups is 4. The fraction of sp³-hybridized carbons (Fsp3) is 0.394. The van der Waals surface area contributed by atoms with Gasteiger partial charge in [0.05, 0.1) is 12.7 Å². The van der Waals surface area contributed by atoms with Gasteiger partial charge in [-0.15, -0.1) is 0 Å². The number of aryl methyl sites for hydroxylation is 1. The van der Waals surface area contributed by atoms with E-state index in [0.717, 1.165) is 5.69 Å². The summed E-state index contributed by atoms with van der Waals surface area (Å²) in [5.41, 5.74) is 2.17. The van der Waals surface area contributed by atoms with Gasteiger partial charge in [-0.05, 0) is 68.1 Å². The molecule has 0 fully saturated rings. The topological polar surface area (TPSA) is 131 Å². The molecule has 0 saturated heterocycles. The van der Waals surface area contributed by atoms with Gasteiger partial charge in [0.15, 0.2) is 23.1 Å². The van der Waals surface area contributed by atoms with Gasteiger partial charge in [0.1, 0.15) is 6.04 Å². The number of aromatic nitrogens is 1. The monoisotopic (exact) mass is 621 g/mol. The van der Waals surface area contributed by atoms with Gasteiger partial charge >= 0.3 is 0 Å². The van der Waals surface area contributed by atoms with E-state index in [9.17, 15) is 19.2 Å². The molecule has 45 heavy (non-hydrogen) atoms. The highest BCUT2D eigenvalue weighted by Gasteiger charge is 2.22. The lowest BCUT2D eigenvalue weighted by molar-refractivity contribution is -0.129. The van der Waals surface area contributed by atoms with Crippen LogP contribution < -0.4 is 25.4 Å². The van der Waals surface area contributed by atoms with Crippen molar-refractivity contribution in [3.05, 3.63) is 76.9 Å². The number of hydrogen-bond donors (Lipinski definition) is 3. The first kappa shape index (κ1) is 33.0. The Kier molecular flexibility index (Phi) is 11.2. The maximum Gasteiger partial charge on any atom is 0.255 e. The Morgan fingerprint density at radius 2 is 1.82 bits per heavy atom. The van der Waals surface area contributed by atoms with Gasteiger partial charge in [-0.3, -0.25) is 19.2 Å². The molecule has 4 amide bonds. The van der Waals surface area contributed by atoms with Crippen LogP contribution in [0.4, 0.5) is 4.39 Å². The number of nitrogens with one attached hydrogen (secondary N) is 3. The summed E-state index contributed by atoms with van der Waals surface area (Å²) >= 11 is 0. The summed E-state index contributed by atoms with van der Waals surface area (Å²) < 4.78 is 28.0. The number of carbonyl (C=O) groups excluding carboxylic acids is 4. The average Bonchev–Trinajstić information content (AvgIpc) is 3.37. The molecule has 11 nitrogen and oxygen atoms in total. The fourth-order valence-electron chi connectivity index (χ4n) is 5.01. The highest BCUT2D eigenvalue weighted by Crippen LogP contribution is 2.34. The van der Waals surface area contributed by atoms with E-state index >= 15 is 4.39 Å². The molecule has 240 valence electrons. The van der Waals surface area contributed by atoms with Crippen molar-refractivity contribution in [2.24, 2.45) is 7.05 Å². The highest BCUT2D eigenvalue weighted by atomic mass is 19.1. The highest BCUT2D eigenvalue weighted by molar-refractivity contribution is 5.96. The second kappa shape index (κ2) is 15.2. The van der Waals surface area contributed by atoms with Gasteiger partial charge in [0.25, 0.3) is 11.8 Å². The largest absolute Gasteiger partial charge is 0.493 e. The van der Waals surface area contributed by atoms with Gasteiger partial charge in [-0.2, -0.15) is 0 Å². The molecule has 12 heteroatoms. The third-order valence-electron chi connectivity index (χ3n) is 7.79. The van der Waals surface area contributed by atoms with E-state index in [4.69, 9.17) is 9.47 Å². The summed E-state index contributed by atoms with van der Waals surface area (Å²) in [6, 6.07) is 9.91. The molecule has 2 aromatic carbocycles. The lowest BCUT2D eigenvalue weighted by Crippen LogP contribution is -2.46. The first-order valence-corrected chi connectivity index (χ1v) is 15.0. The summed E-state index contributed by atoms with van der Waals surface area (Å²) in [4.78, 5) is 53.8. The molecule has 3 heterocycles. The molecule has 0 radical (unpaired) electrons. The summed E-state index contributed by atoms with van der Waals surface area (Å²) in [7, 11) is 3.31. The second-order valence-electron chi connectivity index (χ2n) is 10.9. The van der Waals surface area contributed by atoms with Crippen LogP contribution in [0.25, 0.3) is 0 Å². The van der Waals surface area contributed by atoms with Crippen molar-refractivity contribution in [3.63, 3.8) is 0 Å². The predicted octanol–water partition coefficient (Wildman–Crippen LogP) is 3.84. The van der Waals surface area contributed by atoms with Crippen LogP contribution in [0, 0.1) is 12.7 Å². The van der Waals surface area contributed by atoms with Crippen LogP contribution in [0.1, 0.15) is 64.6 Å². The Balaban J connectivity index is 1.57. The SMILES string of the molecule is CC[C@@H]1NC(=O)CCCN(C(=O)c2ccn(C)c2C)CCCNC(=O)c2ccc(OC)c(c2)Oc2ccc(cc2F)CNC1=O. The van der Waals surface area contributed by atoms with Crippen molar-refractivity contribution in [2.45, 2.75) is 52.1 Å². The van der Waals surface area contributed by atoms with Crippen LogP contribution in [-0.2, 0) is 23.2 Å². The molecular weight excluding hydrogens is 581 g/mol. The van der Waals surface area contributed by atoms with E-state index in [1.807, 2.05) is 24.7 Å². The fourth-order valence-corrected chi connectivity index (χ4v) is 5.01. The third-order valence-corrected chi connectivity index (χ3v) is 7.79. The standard InChI is InChI=1S/C33H40FN5O6/c1-5-26-32(42)36-20-22-9-11-27(25(34)18-22)45-29-19-23(10-12-28(29)44-4)31(41)35-14-7-16-39(15-6-8-30(40)37-26)33(43)24-13-17-38(3)21(24)2/h9-13,17-19,26H,5-8,14-16,20H2,1-4H3,(H,35,41)(H,36,42)(H,37,40)/t26-/m0/s1. The van der Waals surface area contributed by atoms with Crippen molar-refractivity contribution < 1.29 is 33.0 Å². The van der Waals surface area contributed by atoms with Gasteiger partial charge in [0.2, 0.25) is 11.8 Å². The maximum atomic E-state index is 15.0. The first-order valence-electron chi connectivity index (χ1n) is 15.0. The van der Waals surface area contributed by atoms with Crippen LogP contribution >= 0.6 is 0 Å². The molecule has 1 atom stereocenters. The van der Waals surface area contributed by atoms with Crippen molar-refractivity contribution >= 4 is 23.6 Å². The Morgan fingerprint density at radius 1 is 1.04 bits per heavy atom. The third kappa shape index (κ3) is 8.40. The Hall–Kier alpha value is -4.87. The molecular formula is C33H40FN5O6. The zero-order valence-corrected chi connectivity index (χ0v) is 26.1. The molecule has 0 aliphatic carbocycles. The normalized spacial score (nSPS) is 17.1. The predicted molar refractivity (Wildman–Crippen MR) is 166 cm³/mol. The van der Waals surface area contributed by atoms with E-state index in [1.54, 1.807) is 36.1 Å². The van der Waals surface area contributed by atoms with Crippen LogP contribution in [-0.4, -0.2) is 65.9 Å². The molecule has 0 saturated carbocycles. The molecule has 2 aliphatic heterocycles. The molecule has 0 unspecified atom stereocenters. The Bertz CT molecular complexity index is 1550. The Morgan fingerprint density at radius 3 is 2.51 bits per heavy atom. The number of halogens is 1. The zero-order chi connectivity index (χ0) is 32.5. The number of benzene rings is 2. The zero-order valence-electron chi connectivity index (χ0n) is 26.1. The summed E-state index contributed by atoms with van der Waals surface area (Å²) in [6.45, 7) is 4.64. The Labute approximate surface area is 262 Å².